The summed E-state index contributed by atoms with van der Waals surface area (Å²) in [7, 11) is 0. The van der Waals surface area contributed by atoms with E-state index in [2.05, 4.69) is 5.32 Å². The van der Waals surface area contributed by atoms with Crippen LogP contribution in [0.1, 0.15) is 23.2 Å². The molecule has 0 aliphatic rings. The fourth-order valence-corrected chi connectivity index (χ4v) is 2.13. The first-order valence-corrected chi connectivity index (χ1v) is 6.89. The first-order chi connectivity index (χ1) is 10.8. The summed E-state index contributed by atoms with van der Waals surface area (Å²) in [6, 6.07) is 10.9. The van der Waals surface area contributed by atoms with E-state index in [1.165, 1.54) is 6.08 Å². The van der Waals surface area contributed by atoms with Crippen LogP contribution >= 0.6 is 0 Å². The fourth-order valence-electron chi connectivity index (χ4n) is 2.13. The van der Waals surface area contributed by atoms with Gasteiger partial charge in [0.05, 0.1) is 24.7 Å². The lowest BCUT2D eigenvalue weighted by atomic mass is 10.0. The van der Waals surface area contributed by atoms with Crippen molar-refractivity contribution < 1.29 is 18.0 Å². The van der Waals surface area contributed by atoms with Gasteiger partial charge >= 0.3 is 0 Å². The molecule has 3 aromatic rings. The second-order valence-corrected chi connectivity index (χ2v) is 4.68. The molecule has 1 N–H and O–H groups in total. The molecule has 112 valence electrons. The molecule has 0 unspecified atom stereocenters. The van der Waals surface area contributed by atoms with Crippen molar-refractivity contribution in [3.05, 3.63) is 78.5 Å². The largest absolute Gasteiger partial charge is 0.469 e. The van der Waals surface area contributed by atoms with Crippen LogP contribution in [-0.4, -0.2) is 12.5 Å². The molecule has 22 heavy (non-hydrogen) atoms. The zero-order valence-electron chi connectivity index (χ0n) is 11.8. The van der Waals surface area contributed by atoms with E-state index >= 15 is 0 Å². The summed E-state index contributed by atoms with van der Waals surface area (Å²) in [5.74, 6) is 1.74. The van der Waals surface area contributed by atoms with E-state index in [-0.39, 0.29) is 11.8 Å². The van der Waals surface area contributed by atoms with E-state index in [9.17, 15) is 4.79 Å². The molecule has 5 nitrogen and oxygen atoms in total. The summed E-state index contributed by atoms with van der Waals surface area (Å²) in [4.78, 5) is 11.9. The van der Waals surface area contributed by atoms with E-state index in [1.807, 2.05) is 24.3 Å². The van der Waals surface area contributed by atoms with Gasteiger partial charge in [0.25, 0.3) is 0 Å². The first-order valence-electron chi connectivity index (χ1n) is 6.89. The Morgan fingerprint density at radius 2 is 1.64 bits per heavy atom. The molecule has 0 radical (unpaired) electrons. The molecule has 0 spiro atoms. The number of furan rings is 3. The maximum absolute atomic E-state index is 11.9. The quantitative estimate of drug-likeness (QED) is 0.708. The normalized spacial score (nSPS) is 11.3. The van der Waals surface area contributed by atoms with Gasteiger partial charge in [-0.15, -0.1) is 0 Å². The van der Waals surface area contributed by atoms with Crippen molar-refractivity contribution in [3.63, 3.8) is 0 Å². The van der Waals surface area contributed by atoms with Crippen LogP contribution in [0.25, 0.3) is 6.08 Å². The lowest BCUT2D eigenvalue weighted by Crippen LogP contribution is -2.27. The zero-order chi connectivity index (χ0) is 15.2. The van der Waals surface area contributed by atoms with Crippen LogP contribution in [0.3, 0.4) is 0 Å². The Hall–Kier alpha value is -2.95. The van der Waals surface area contributed by atoms with E-state index in [0.717, 1.165) is 11.5 Å². The maximum Gasteiger partial charge on any atom is 0.244 e. The van der Waals surface area contributed by atoms with Crippen LogP contribution in [0, 0.1) is 0 Å². The highest BCUT2D eigenvalue weighted by molar-refractivity contribution is 5.91. The Morgan fingerprint density at radius 1 is 1.00 bits per heavy atom. The Balaban J connectivity index is 1.63. The third-order valence-corrected chi connectivity index (χ3v) is 3.20. The van der Waals surface area contributed by atoms with Gasteiger partial charge in [-0.3, -0.25) is 4.79 Å². The second-order valence-electron chi connectivity index (χ2n) is 4.68. The van der Waals surface area contributed by atoms with Crippen LogP contribution in [-0.2, 0) is 4.79 Å². The Bertz CT molecular complexity index is 675. The van der Waals surface area contributed by atoms with E-state index in [0.29, 0.717) is 12.3 Å². The van der Waals surface area contributed by atoms with Crippen LogP contribution in [0.2, 0.25) is 0 Å². The van der Waals surface area contributed by atoms with Crippen LogP contribution < -0.4 is 5.32 Å². The average molecular weight is 297 g/mol. The smallest absolute Gasteiger partial charge is 0.244 e. The number of carbonyl (C=O) groups is 1. The molecule has 0 fully saturated rings. The molecule has 0 aliphatic carbocycles. The average Bonchev–Trinajstić information content (AvgIpc) is 3.27. The number of nitrogens with one attached hydrogen (secondary N) is 1. The van der Waals surface area contributed by atoms with Crippen molar-refractivity contribution in [2.75, 3.05) is 6.54 Å². The van der Waals surface area contributed by atoms with Gasteiger partial charge in [-0.1, -0.05) is 0 Å². The van der Waals surface area contributed by atoms with E-state index < -0.39 is 0 Å². The van der Waals surface area contributed by atoms with Crippen molar-refractivity contribution in [1.82, 2.24) is 5.32 Å². The summed E-state index contributed by atoms with van der Waals surface area (Å²) in [6.45, 7) is 0.377. The molecule has 0 bridgehead atoms. The number of carbonyl (C=O) groups excluding carboxylic acids is 1. The van der Waals surface area contributed by atoms with Gasteiger partial charge < -0.3 is 18.6 Å². The Kier molecular flexibility index (Phi) is 4.25. The molecule has 3 aromatic heterocycles. The maximum atomic E-state index is 11.9. The highest BCUT2D eigenvalue weighted by Gasteiger charge is 2.20. The monoisotopic (exact) mass is 297 g/mol. The van der Waals surface area contributed by atoms with Crippen molar-refractivity contribution in [2.45, 2.75) is 5.92 Å². The first kappa shape index (κ1) is 14.0. The zero-order valence-corrected chi connectivity index (χ0v) is 11.8. The molecule has 0 aromatic carbocycles. The Morgan fingerprint density at radius 3 is 2.18 bits per heavy atom. The number of hydrogen-bond donors (Lipinski definition) is 1. The van der Waals surface area contributed by atoms with Gasteiger partial charge in [-0.05, 0) is 42.5 Å². The van der Waals surface area contributed by atoms with Crippen molar-refractivity contribution in [2.24, 2.45) is 0 Å². The molecule has 0 saturated carbocycles. The standard InChI is InChI=1S/C17H15NO4/c19-17(8-7-13-4-1-9-20-13)18-12-14(15-5-2-10-21-15)16-6-3-11-22-16/h1-11,14H,12H2,(H,18,19)/b8-7+. The van der Waals surface area contributed by atoms with Gasteiger partial charge in [0, 0.05) is 12.6 Å². The van der Waals surface area contributed by atoms with Crippen LogP contribution in [0.5, 0.6) is 0 Å². The highest BCUT2D eigenvalue weighted by atomic mass is 16.3. The summed E-state index contributed by atoms with van der Waals surface area (Å²) in [6.07, 6.45) is 7.81. The molecule has 3 rings (SSSR count). The van der Waals surface area contributed by atoms with Crippen LogP contribution in [0.4, 0.5) is 0 Å². The van der Waals surface area contributed by atoms with Crippen molar-refractivity contribution in [3.8, 4) is 0 Å². The number of amides is 1. The number of rotatable bonds is 6. The topological polar surface area (TPSA) is 68.5 Å². The molecule has 3 heterocycles. The van der Waals surface area contributed by atoms with Crippen molar-refractivity contribution >= 4 is 12.0 Å². The molecule has 0 atom stereocenters. The molecule has 0 aliphatic heterocycles. The summed E-state index contributed by atoms with van der Waals surface area (Å²) < 4.78 is 16.0. The number of hydrogen-bond acceptors (Lipinski definition) is 4. The Labute approximate surface area is 127 Å². The van der Waals surface area contributed by atoms with Crippen molar-refractivity contribution in [1.29, 1.82) is 0 Å². The van der Waals surface area contributed by atoms with Gasteiger partial charge in [0.15, 0.2) is 0 Å². The molecule has 0 saturated heterocycles. The minimum Gasteiger partial charge on any atom is -0.469 e. The van der Waals surface area contributed by atoms with E-state index in [1.54, 1.807) is 37.0 Å². The predicted octanol–water partition coefficient (Wildman–Crippen LogP) is 3.43. The SMILES string of the molecule is O=C(/C=C/c1ccco1)NCC(c1ccco1)c1ccco1. The molecular weight excluding hydrogens is 282 g/mol. The summed E-state index contributed by atoms with van der Waals surface area (Å²) >= 11 is 0. The lowest BCUT2D eigenvalue weighted by molar-refractivity contribution is -0.116. The fraction of sp³-hybridized carbons (Fsp3) is 0.118. The summed E-state index contributed by atoms with van der Waals surface area (Å²) in [5, 5.41) is 2.83. The van der Waals surface area contributed by atoms with Crippen LogP contribution in [0.15, 0.2) is 74.5 Å². The van der Waals surface area contributed by atoms with Gasteiger partial charge in [0.2, 0.25) is 5.91 Å². The summed E-state index contributed by atoms with van der Waals surface area (Å²) in [5.41, 5.74) is 0. The minimum absolute atomic E-state index is 0.161. The molecule has 1 amide bonds. The highest BCUT2D eigenvalue weighted by Crippen LogP contribution is 2.24. The minimum atomic E-state index is -0.209. The third kappa shape index (κ3) is 3.38. The van der Waals surface area contributed by atoms with E-state index in [4.69, 9.17) is 13.3 Å². The third-order valence-electron chi connectivity index (χ3n) is 3.20. The van der Waals surface area contributed by atoms with Gasteiger partial charge in [-0.25, -0.2) is 0 Å². The molecule has 5 heteroatoms. The van der Waals surface area contributed by atoms with Gasteiger partial charge in [-0.2, -0.15) is 0 Å². The lowest BCUT2D eigenvalue weighted by Gasteiger charge is -2.12. The van der Waals surface area contributed by atoms with Gasteiger partial charge in [0.1, 0.15) is 17.3 Å². The second kappa shape index (κ2) is 6.67. The predicted molar refractivity (Wildman–Crippen MR) is 80.0 cm³/mol. The molecular formula is C17H15NO4.